The summed E-state index contributed by atoms with van der Waals surface area (Å²) in [5.74, 6) is 0.0845. The second-order valence-corrected chi connectivity index (χ2v) is 8.26. The third-order valence-electron chi connectivity index (χ3n) is 4.72. The Labute approximate surface area is 163 Å². The molecule has 0 N–H and O–H groups in total. The van der Waals surface area contributed by atoms with Crippen molar-refractivity contribution in [1.82, 2.24) is 4.90 Å². The van der Waals surface area contributed by atoms with Crippen LogP contribution in [0.1, 0.15) is 65.9 Å². The zero-order valence-electron chi connectivity index (χ0n) is 17.4. The molecule has 0 saturated carbocycles. The predicted octanol–water partition coefficient (Wildman–Crippen LogP) is 5.31. The zero-order valence-corrected chi connectivity index (χ0v) is 17.4. The summed E-state index contributed by atoms with van der Waals surface area (Å²) in [5.41, 5.74) is 2.49. The van der Waals surface area contributed by atoms with Gasteiger partial charge in [0.15, 0.2) is 5.78 Å². The van der Waals surface area contributed by atoms with E-state index in [9.17, 15) is 9.59 Å². The number of ketones is 1. The molecule has 1 aromatic rings. The van der Waals surface area contributed by atoms with Crippen molar-refractivity contribution in [1.29, 1.82) is 0 Å². The smallest absolute Gasteiger partial charge is 0.411 e. The van der Waals surface area contributed by atoms with E-state index in [-0.39, 0.29) is 5.78 Å². The number of carbonyl (C=O) groups excluding carboxylic acids is 2. The first kappa shape index (κ1) is 21.2. The van der Waals surface area contributed by atoms with Crippen LogP contribution in [-0.4, -0.2) is 35.0 Å². The van der Waals surface area contributed by atoms with Gasteiger partial charge in [0.25, 0.3) is 0 Å². The maximum absolute atomic E-state index is 13.4. The molecule has 2 rings (SSSR count). The van der Waals surface area contributed by atoms with Gasteiger partial charge in [-0.3, -0.25) is 9.69 Å². The zero-order chi connectivity index (χ0) is 20.0. The predicted molar refractivity (Wildman–Crippen MR) is 109 cm³/mol. The Balaban J connectivity index is 2.39. The van der Waals surface area contributed by atoms with E-state index >= 15 is 0 Å². The Morgan fingerprint density at radius 1 is 1.11 bits per heavy atom. The molecule has 0 aromatic heterocycles. The van der Waals surface area contributed by atoms with Crippen LogP contribution in [-0.2, 0) is 16.0 Å². The van der Waals surface area contributed by atoms with Crippen molar-refractivity contribution < 1.29 is 14.3 Å². The van der Waals surface area contributed by atoms with Crippen molar-refractivity contribution in [3.05, 3.63) is 47.0 Å². The molecule has 4 heteroatoms. The van der Waals surface area contributed by atoms with E-state index in [1.807, 2.05) is 51.1 Å². The SMILES string of the molecule is CCCC1=C(CCC)C(=O)C(Cc2ccccc2)N(C(=O)OC(C)(C)C)C1. The molecule has 0 radical (unpaired) electrons. The Morgan fingerprint density at radius 2 is 1.74 bits per heavy atom. The second-order valence-electron chi connectivity index (χ2n) is 8.26. The van der Waals surface area contributed by atoms with Gasteiger partial charge in [-0.25, -0.2) is 4.79 Å². The number of hydrogen-bond acceptors (Lipinski definition) is 3. The highest BCUT2D eigenvalue weighted by molar-refractivity contribution is 6.03. The number of Topliss-reactive ketones (excluding diaryl/α,β-unsaturated/α-hetero) is 1. The lowest BCUT2D eigenvalue weighted by Gasteiger charge is -2.38. The average Bonchev–Trinajstić information content (AvgIpc) is 2.60. The quantitative estimate of drug-likeness (QED) is 0.680. The van der Waals surface area contributed by atoms with Crippen molar-refractivity contribution in [3.63, 3.8) is 0 Å². The molecule has 0 saturated heterocycles. The largest absolute Gasteiger partial charge is 0.444 e. The standard InChI is InChI=1S/C23H33NO3/c1-6-11-18-16-24(22(26)27-23(3,4)5)20(21(25)19(18)12-7-2)15-17-13-9-8-10-14-17/h8-10,13-14,20H,6-7,11-12,15-16H2,1-5H3. The van der Waals surface area contributed by atoms with Crippen LogP contribution in [0.15, 0.2) is 41.5 Å². The van der Waals surface area contributed by atoms with E-state index < -0.39 is 17.7 Å². The van der Waals surface area contributed by atoms with Gasteiger partial charge >= 0.3 is 6.09 Å². The molecule has 0 bridgehead atoms. The fourth-order valence-corrected chi connectivity index (χ4v) is 3.56. The highest BCUT2D eigenvalue weighted by Crippen LogP contribution is 2.29. The van der Waals surface area contributed by atoms with Crippen molar-refractivity contribution in [3.8, 4) is 0 Å². The Kier molecular flexibility index (Phi) is 7.23. The summed E-state index contributed by atoms with van der Waals surface area (Å²) >= 11 is 0. The van der Waals surface area contributed by atoms with E-state index in [0.29, 0.717) is 13.0 Å². The van der Waals surface area contributed by atoms with Crippen LogP contribution < -0.4 is 0 Å². The molecule has 0 fully saturated rings. The van der Waals surface area contributed by atoms with E-state index in [4.69, 9.17) is 4.74 Å². The second kappa shape index (κ2) is 9.20. The molecule has 1 amide bonds. The van der Waals surface area contributed by atoms with Crippen molar-refractivity contribution >= 4 is 11.9 Å². The van der Waals surface area contributed by atoms with Crippen molar-refractivity contribution in [2.45, 2.75) is 78.4 Å². The van der Waals surface area contributed by atoms with Gasteiger partial charge in [0.2, 0.25) is 0 Å². The molecule has 148 valence electrons. The number of ether oxygens (including phenoxy) is 1. The molecule has 4 nitrogen and oxygen atoms in total. The van der Waals surface area contributed by atoms with Gasteiger partial charge in [0.1, 0.15) is 11.6 Å². The summed E-state index contributed by atoms with van der Waals surface area (Å²) in [5, 5.41) is 0. The summed E-state index contributed by atoms with van der Waals surface area (Å²) in [6, 6.07) is 9.40. The summed E-state index contributed by atoms with van der Waals surface area (Å²) in [4.78, 5) is 27.9. The van der Waals surface area contributed by atoms with Crippen LogP contribution in [0.5, 0.6) is 0 Å². The number of rotatable bonds is 6. The number of carbonyl (C=O) groups is 2. The minimum absolute atomic E-state index is 0.0845. The fraction of sp³-hybridized carbons (Fsp3) is 0.565. The molecular weight excluding hydrogens is 338 g/mol. The van der Waals surface area contributed by atoms with Crippen LogP contribution >= 0.6 is 0 Å². The molecular formula is C23H33NO3. The summed E-state index contributed by atoms with van der Waals surface area (Å²) in [6.45, 7) is 10.3. The van der Waals surface area contributed by atoms with Gasteiger partial charge < -0.3 is 4.74 Å². The topological polar surface area (TPSA) is 46.6 Å². The molecule has 27 heavy (non-hydrogen) atoms. The number of nitrogens with zero attached hydrogens (tertiary/aromatic N) is 1. The molecule has 1 aliphatic rings. The van der Waals surface area contributed by atoms with Crippen LogP contribution in [0.4, 0.5) is 4.79 Å². The van der Waals surface area contributed by atoms with E-state index in [1.165, 1.54) is 0 Å². The third kappa shape index (κ3) is 5.69. The lowest BCUT2D eigenvalue weighted by Crippen LogP contribution is -2.52. The molecule has 1 unspecified atom stereocenters. The number of hydrogen-bond donors (Lipinski definition) is 0. The van der Waals surface area contributed by atoms with Gasteiger partial charge in [0.05, 0.1) is 0 Å². The minimum atomic E-state index is -0.588. The Morgan fingerprint density at radius 3 is 2.30 bits per heavy atom. The van der Waals surface area contributed by atoms with Gasteiger partial charge in [-0.05, 0) is 50.3 Å². The van der Waals surface area contributed by atoms with E-state index in [2.05, 4.69) is 13.8 Å². The van der Waals surface area contributed by atoms with E-state index in [1.54, 1.807) is 4.90 Å². The van der Waals surface area contributed by atoms with Crippen LogP contribution in [0, 0.1) is 0 Å². The maximum atomic E-state index is 13.4. The van der Waals surface area contributed by atoms with Crippen molar-refractivity contribution in [2.24, 2.45) is 0 Å². The first-order valence-corrected chi connectivity index (χ1v) is 10.1. The first-order valence-electron chi connectivity index (χ1n) is 10.1. The van der Waals surface area contributed by atoms with Gasteiger partial charge in [0, 0.05) is 13.0 Å². The highest BCUT2D eigenvalue weighted by atomic mass is 16.6. The number of amides is 1. The van der Waals surface area contributed by atoms with E-state index in [0.717, 1.165) is 42.4 Å². The summed E-state index contributed by atoms with van der Waals surface area (Å²) in [7, 11) is 0. The Hall–Kier alpha value is -2.10. The van der Waals surface area contributed by atoms with Crippen molar-refractivity contribution in [2.75, 3.05) is 6.54 Å². The van der Waals surface area contributed by atoms with Crippen LogP contribution in [0.2, 0.25) is 0 Å². The maximum Gasteiger partial charge on any atom is 0.411 e. The fourth-order valence-electron chi connectivity index (χ4n) is 3.56. The first-order chi connectivity index (χ1) is 12.8. The molecule has 1 atom stereocenters. The summed E-state index contributed by atoms with van der Waals surface area (Å²) in [6.07, 6.45) is 3.63. The minimum Gasteiger partial charge on any atom is -0.444 e. The van der Waals surface area contributed by atoms with Gasteiger partial charge in [-0.1, -0.05) is 57.0 Å². The summed E-state index contributed by atoms with van der Waals surface area (Å²) < 4.78 is 5.63. The molecule has 1 aromatic carbocycles. The molecule has 1 aliphatic heterocycles. The normalized spacial score (nSPS) is 18.0. The molecule has 1 heterocycles. The molecule has 0 spiro atoms. The van der Waals surface area contributed by atoms with Crippen LogP contribution in [0.3, 0.4) is 0 Å². The Bertz CT molecular complexity index is 685. The van der Waals surface area contributed by atoms with Crippen LogP contribution in [0.25, 0.3) is 0 Å². The highest BCUT2D eigenvalue weighted by Gasteiger charge is 2.39. The monoisotopic (exact) mass is 371 g/mol. The van der Waals surface area contributed by atoms with Gasteiger partial charge in [-0.2, -0.15) is 0 Å². The number of benzene rings is 1. The lowest BCUT2D eigenvalue weighted by atomic mass is 9.85. The lowest BCUT2D eigenvalue weighted by molar-refractivity contribution is -0.121. The van der Waals surface area contributed by atoms with Gasteiger partial charge in [-0.15, -0.1) is 0 Å². The average molecular weight is 372 g/mol. The third-order valence-corrected chi connectivity index (χ3v) is 4.72. The molecule has 0 aliphatic carbocycles.